The lowest BCUT2D eigenvalue weighted by molar-refractivity contribution is -0.387. The number of hydrogen-bond donors (Lipinski definition) is 1. The summed E-state index contributed by atoms with van der Waals surface area (Å²) in [6, 6.07) is 14.8. The third-order valence-electron chi connectivity index (χ3n) is 4.57. The second kappa shape index (κ2) is 11.1. The fourth-order valence-corrected chi connectivity index (χ4v) is 4.37. The predicted octanol–water partition coefficient (Wildman–Crippen LogP) is 5.22. The van der Waals surface area contributed by atoms with Crippen molar-refractivity contribution in [2.24, 2.45) is 0 Å². The highest BCUT2D eigenvalue weighted by molar-refractivity contribution is 7.87. The van der Waals surface area contributed by atoms with Crippen molar-refractivity contribution in [3.05, 3.63) is 92.0 Å². The van der Waals surface area contributed by atoms with Gasteiger partial charge in [0.25, 0.3) is 11.6 Å². The first kappa shape index (κ1) is 26.5. The zero-order valence-corrected chi connectivity index (χ0v) is 20.6. The SMILES string of the molecule is COc1ccc(/C=C(\C#N)C(=O)Nc2cc(Cl)ccc2Cl)cc1OS(=O)(=O)c1ccccc1[N+](=O)[O-]. The van der Waals surface area contributed by atoms with E-state index in [2.05, 4.69) is 5.32 Å². The second-order valence-electron chi connectivity index (χ2n) is 6.92. The Labute approximate surface area is 215 Å². The molecule has 0 heterocycles. The first-order valence-corrected chi connectivity index (χ1v) is 12.0. The van der Waals surface area contributed by atoms with Crippen LogP contribution in [0.25, 0.3) is 6.08 Å². The average molecular weight is 548 g/mol. The number of anilines is 1. The van der Waals surface area contributed by atoms with E-state index in [0.717, 1.165) is 12.1 Å². The van der Waals surface area contributed by atoms with Gasteiger partial charge in [0, 0.05) is 11.1 Å². The van der Waals surface area contributed by atoms with Gasteiger partial charge < -0.3 is 14.2 Å². The summed E-state index contributed by atoms with van der Waals surface area (Å²) in [5.74, 6) is -1.13. The molecule has 0 aliphatic rings. The maximum atomic E-state index is 12.8. The molecule has 0 atom stereocenters. The minimum Gasteiger partial charge on any atom is -0.493 e. The number of nitriles is 1. The van der Waals surface area contributed by atoms with Gasteiger partial charge in [-0.2, -0.15) is 13.7 Å². The lowest BCUT2D eigenvalue weighted by Crippen LogP contribution is -2.14. The van der Waals surface area contributed by atoms with Crippen molar-refractivity contribution in [2.75, 3.05) is 12.4 Å². The van der Waals surface area contributed by atoms with Gasteiger partial charge in [-0.1, -0.05) is 41.4 Å². The standard InChI is InChI=1S/C23H15Cl2N3O7S/c1-34-20-9-6-14(10-15(13-26)23(29)27-18-12-16(24)7-8-17(18)25)11-21(20)35-36(32,33)22-5-3-2-4-19(22)28(30)31/h2-12H,1H3,(H,27,29)/b15-10+. The summed E-state index contributed by atoms with van der Waals surface area (Å²) >= 11 is 12.0. The van der Waals surface area contributed by atoms with Gasteiger partial charge in [0.05, 0.1) is 22.7 Å². The Hall–Kier alpha value is -4.11. The van der Waals surface area contributed by atoms with Gasteiger partial charge in [-0.3, -0.25) is 14.9 Å². The molecule has 3 aromatic carbocycles. The van der Waals surface area contributed by atoms with Crippen molar-refractivity contribution in [3.8, 4) is 17.6 Å². The van der Waals surface area contributed by atoms with Crippen molar-refractivity contribution in [1.82, 2.24) is 0 Å². The van der Waals surface area contributed by atoms with Crippen LogP contribution in [-0.2, 0) is 14.9 Å². The summed E-state index contributed by atoms with van der Waals surface area (Å²) in [5, 5.41) is 23.7. The maximum Gasteiger partial charge on any atom is 0.346 e. The van der Waals surface area contributed by atoms with Gasteiger partial charge in [0.2, 0.25) is 0 Å². The van der Waals surface area contributed by atoms with Crippen LogP contribution in [0.3, 0.4) is 0 Å². The molecule has 13 heteroatoms. The lowest BCUT2D eigenvalue weighted by atomic mass is 10.1. The van der Waals surface area contributed by atoms with E-state index >= 15 is 0 Å². The highest BCUT2D eigenvalue weighted by Crippen LogP contribution is 2.34. The van der Waals surface area contributed by atoms with E-state index in [4.69, 9.17) is 32.1 Å². The quantitative estimate of drug-likeness (QED) is 0.132. The van der Waals surface area contributed by atoms with Gasteiger partial charge in [-0.25, -0.2) is 0 Å². The fraction of sp³-hybridized carbons (Fsp3) is 0.0435. The van der Waals surface area contributed by atoms with Crippen molar-refractivity contribution < 1.29 is 27.1 Å². The number of halogens is 2. The molecule has 0 fully saturated rings. The highest BCUT2D eigenvalue weighted by Gasteiger charge is 2.28. The van der Waals surface area contributed by atoms with Crippen LogP contribution in [0.2, 0.25) is 10.0 Å². The summed E-state index contributed by atoms with van der Waals surface area (Å²) in [4.78, 5) is 22.4. The van der Waals surface area contributed by atoms with E-state index in [0.29, 0.717) is 5.02 Å². The topological polar surface area (TPSA) is 149 Å². The fourth-order valence-electron chi connectivity index (χ4n) is 2.93. The van der Waals surface area contributed by atoms with Crippen LogP contribution < -0.4 is 14.2 Å². The monoisotopic (exact) mass is 547 g/mol. The van der Waals surface area contributed by atoms with E-state index in [-0.39, 0.29) is 33.3 Å². The lowest BCUT2D eigenvalue weighted by Gasteiger charge is -2.12. The Morgan fingerprint density at radius 3 is 2.50 bits per heavy atom. The Kier molecular flexibility index (Phi) is 8.16. The third kappa shape index (κ3) is 6.11. The van der Waals surface area contributed by atoms with Gasteiger partial charge in [-0.05, 0) is 48.0 Å². The van der Waals surface area contributed by atoms with Gasteiger partial charge in [0.15, 0.2) is 16.4 Å². The smallest absolute Gasteiger partial charge is 0.346 e. The van der Waals surface area contributed by atoms with Crippen molar-refractivity contribution in [1.29, 1.82) is 5.26 Å². The Balaban J connectivity index is 1.96. The van der Waals surface area contributed by atoms with Gasteiger partial charge in [-0.15, -0.1) is 0 Å². The van der Waals surface area contributed by atoms with Crippen molar-refractivity contribution >= 4 is 56.7 Å². The van der Waals surface area contributed by atoms with Crippen molar-refractivity contribution in [3.63, 3.8) is 0 Å². The van der Waals surface area contributed by atoms with Gasteiger partial charge >= 0.3 is 10.1 Å². The van der Waals surface area contributed by atoms with E-state index in [9.17, 15) is 28.6 Å². The molecule has 0 aromatic heterocycles. The largest absolute Gasteiger partial charge is 0.493 e. The first-order chi connectivity index (χ1) is 17.1. The van der Waals surface area contributed by atoms with Crippen LogP contribution in [0.5, 0.6) is 11.5 Å². The highest BCUT2D eigenvalue weighted by atomic mass is 35.5. The summed E-state index contributed by atoms with van der Waals surface area (Å²) in [5.41, 5.74) is -0.628. The third-order valence-corrected chi connectivity index (χ3v) is 6.42. The summed E-state index contributed by atoms with van der Waals surface area (Å²) in [6.45, 7) is 0. The molecule has 36 heavy (non-hydrogen) atoms. The molecular weight excluding hydrogens is 533 g/mol. The molecule has 3 aromatic rings. The molecular formula is C23H15Cl2N3O7S. The van der Waals surface area contributed by atoms with Crippen LogP contribution in [0, 0.1) is 21.4 Å². The summed E-state index contributed by atoms with van der Waals surface area (Å²) in [6.07, 6.45) is 1.18. The number of para-hydroxylation sites is 1. The number of nitro benzene ring substituents is 1. The van der Waals surface area contributed by atoms with Crippen LogP contribution in [-0.4, -0.2) is 26.4 Å². The molecule has 184 valence electrons. The molecule has 0 aliphatic heterocycles. The predicted molar refractivity (Wildman–Crippen MR) is 133 cm³/mol. The number of nitrogens with one attached hydrogen (secondary N) is 1. The van der Waals surface area contributed by atoms with E-state index < -0.39 is 31.5 Å². The molecule has 0 bridgehead atoms. The van der Waals surface area contributed by atoms with Crippen LogP contribution in [0.15, 0.2) is 71.1 Å². The number of methoxy groups -OCH3 is 1. The maximum absolute atomic E-state index is 12.8. The molecule has 0 aliphatic carbocycles. The van der Waals surface area contributed by atoms with E-state index in [1.807, 2.05) is 0 Å². The Bertz CT molecular complexity index is 1530. The molecule has 1 N–H and O–H groups in total. The van der Waals surface area contributed by atoms with Crippen molar-refractivity contribution in [2.45, 2.75) is 4.90 Å². The molecule has 3 rings (SSSR count). The average Bonchev–Trinajstić information content (AvgIpc) is 2.84. The van der Waals surface area contributed by atoms with E-state index in [1.54, 1.807) is 6.07 Å². The number of nitro groups is 1. The number of amides is 1. The summed E-state index contributed by atoms with van der Waals surface area (Å²) < 4.78 is 35.9. The molecule has 0 saturated heterocycles. The zero-order chi connectivity index (χ0) is 26.5. The molecule has 10 nitrogen and oxygen atoms in total. The molecule has 1 amide bonds. The van der Waals surface area contributed by atoms with Crippen LogP contribution in [0.1, 0.15) is 5.56 Å². The first-order valence-electron chi connectivity index (χ1n) is 9.80. The summed E-state index contributed by atoms with van der Waals surface area (Å²) in [7, 11) is -3.39. The van der Waals surface area contributed by atoms with E-state index in [1.165, 1.54) is 61.7 Å². The number of carbonyl (C=O) groups excluding carboxylic acids is 1. The molecule has 0 radical (unpaired) electrons. The number of benzene rings is 3. The number of ether oxygens (including phenoxy) is 1. The number of nitrogens with zero attached hydrogens (tertiary/aromatic N) is 2. The molecule has 0 saturated carbocycles. The Morgan fingerprint density at radius 2 is 1.83 bits per heavy atom. The molecule has 0 unspecified atom stereocenters. The number of hydrogen-bond acceptors (Lipinski definition) is 8. The Morgan fingerprint density at radius 1 is 1.11 bits per heavy atom. The zero-order valence-electron chi connectivity index (χ0n) is 18.3. The van der Waals surface area contributed by atoms with Crippen LogP contribution in [0.4, 0.5) is 11.4 Å². The second-order valence-corrected chi connectivity index (χ2v) is 9.28. The number of rotatable bonds is 8. The van der Waals surface area contributed by atoms with Gasteiger partial charge in [0.1, 0.15) is 11.6 Å². The minimum atomic E-state index is -4.65. The van der Waals surface area contributed by atoms with Crippen LogP contribution >= 0.6 is 23.2 Å². The molecule has 0 spiro atoms. The minimum absolute atomic E-state index is 0.0111. The normalized spacial score (nSPS) is 11.3. The number of carbonyl (C=O) groups is 1.